The Bertz CT molecular complexity index is 727. The van der Waals surface area contributed by atoms with E-state index in [0.717, 1.165) is 12.3 Å². The molecule has 5 nitrogen and oxygen atoms in total. The van der Waals surface area contributed by atoms with Crippen LogP contribution in [0.4, 0.5) is 15.8 Å². The van der Waals surface area contributed by atoms with Crippen LogP contribution in [0, 0.1) is 5.82 Å². The van der Waals surface area contributed by atoms with E-state index < -0.39 is 15.8 Å². The highest BCUT2D eigenvalue weighted by Crippen LogP contribution is 2.19. The third-order valence-electron chi connectivity index (χ3n) is 2.60. The molecule has 2 rings (SSSR count). The minimum atomic E-state index is -3.33. The van der Waals surface area contributed by atoms with Gasteiger partial charge in [0.05, 0.1) is 11.9 Å². The van der Waals surface area contributed by atoms with Crippen LogP contribution in [0.5, 0.6) is 5.75 Å². The fourth-order valence-corrected chi connectivity index (χ4v) is 2.40. The fourth-order valence-electron chi connectivity index (χ4n) is 1.85. The van der Waals surface area contributed by atoms with Crippen molar-refractivity contribution in [3.63, 3.8) is 0 Å². The molecule has 0 saturated carbocycles. The Morgan fingerprint density at radius 1 is 1.14 bits per heavy atom. The Morgan fingerprint density at radius 3 is 2.52 bits per heavy atom. The summed E-state index contributed by atoms with van der Waals surface area (Å²) in [7, 11) is -3.33. The average Bonchev–Trinajstić information content (AvgIpc) is 2.33. The van der Waals surface area contributed by atoms with Gasteiger partial charge in [0.25, 0.3) is 0 Å². The lowest BCUT2D eigenvalue weighted by atomic mass is 10.2. The van der Waals surface area contributed by atoms with Gasteiger partial charge < -0.3 is 10.4 Å². The van der Waals surface area contributed by atoms with Gasteiger partial charge in [-0.3, -0.25) is 4.72 Å². The fraction of sp³-hybridized carbons (Fsp3) is 0.143. The van der Waals surface area contributed by atoms with Crippen LogP contribution in [0.15, 0.2) is 42.5 Å². The Balaban J connectivity index is 2.08. The van der Waals surface area contributed by atoms with E-state index in [1.165, 1.54) is 12.1 Å². The summed E-state index contributed by atoms with van der Waals surface area (Å²) in [6, 6.07) is 10.5. The molecule has 0 unspecified atom stereocenters. The van der Waals surface area contributed by atoms with E-state index in [-0.39, 0.29) is 5.75 Å². The first-order valence-corrected chi connectivity index (χ1v) is 8.01. The van der Waals surface area contributed by atoms with E-state index in [1.54, 1.807) is 24.3 Å². The molecule has 0 bridgehead atoms. The highest BCUT2D eigenvalue weighted by atomic mass is 32.2. The molecule has 0 fully saturated rings. The highest BCUT2D eigenvalue weighted by molar-refractivity contribution is 7.92. The zero-order valence-corrected chi connectivity index (χ0v) is 12.1. The number of aromatic hydroxyl groups is 1. The van der Waals surface area contributed by atoms with Gasteiger partial charge >= 0.3 is 0 Å². The summed E-state index contributed by atoms with van der Waals surface area (Å²) in [5.74, 6) is -0.654. The van der Waals surface area contributed by atoms with E-state index in [9.17, 15) is 17.9 Å². The molecular weight excluding hydrogens is 295 g/mol. The van der Waals surface area contributed by atoms with Crippen molar-refractivity contribution in [2.75, 3.05) is 16.3 Å². The number of phenolic OH excluding ortho intramolecular Hbond substituents is 1. The van der Waals surface area contributed by atoms with Crippen molar-refractivity contribution in [1.82, 2.24) is 0 Å². The van der Waals surface area contributed by atoms with Gasteiger partial charge in [-0.1, -0.05) is 6.07 Å². The number of phenols is 1. The topological polar surface area (TPSA) is 78.4 Å². The minimum Gasteiger partial charge on any atom is -0.508 e. The summed E-state index contributed by atoms with van der Waals surface area (Å²) >= 11 is 0. The summed E-state index contributed by atoms with van der Waals surface area (Å²) in [6.07, 6.45) is 1.07. The molecule has 112 valence electrons. The summed E-state index contributed by atoms with van der Waals surface area (Å²) in [5, 5.41) is 12.3. The predicted molar refractivity (Wildman–Crippen MR) is 80.3 cm³/mol. The Hall–Kier alpha value is -2.28. The molecule has 0 spiro atoms. The lowest BCUT2D eigenvalue weighted by Gasteiger charge is -2.09. The van der Waals surface area contributed by atoms with Crippen LogP contribution in [-0.4, -0.2) is 19.8 Å². The number of rotatable bonds is 5. The quantitative estimate of drug-likeness (QED) is 0.793. The third kappa shape index (κ3) is 4.96. The SMILES string of the molecule is CS(=O)(=O)Nc1cccc(NCc2cc(O)cc(F)c2)c1. The second-order valence-electron chi connectivity index (χ2n) is 4.63. The first-order chi connectivity index (χ1) is 9.82. The molecule has 0 aliphatic carbocycles. The Labute approximate surface area is 122 Å². The Morgan fingerprint density at radius 2 is 1.86 bits per heavy atom. The van der Waals surface area contributed by atoms with E-state index >= 15 is 0 Å². The van der Waals surface area contributed by atoms with E-state index in [1.807, 2.05) is 0 Å². The molecule has 0 saturated heterocycles. The molecule has 3 N–H and O–H groups in total. The monoisotopic (exact) mass is 310 g/mol. The molecule has 0 aliphatic heterocycles. The largest absolute Gasteiger partial charge is 0.508 e. The van der Waals surface area contributed by atoms with Crippen LogP contribution >= 0.6 is 0 Å². The van der Waals surface area contributed by atoms with Crippen LogP contribution < -0.4 is 10.0 Å². The van der Waals surface area contributed by atoms with Gasteiger partial charge in [0.1, 0.15) is 11.6 Å². The zero-order chi connectivity index (χ0) is 15.5. The number of hydrogen-bond acceptors (Lipinski definition) is 4. The van der Waals surface area contributed by atoms with Gasteiger partial charge in [0.15, 0.2) is 0 Å². The third-order valence-corrected chi connectivity index (χ3v) is 3.21. The maximum Gasteiger partial charge on any atom is 0.229 e. The average molecular weight is 310 g/mol. The second-order valence-corrected chi connectivity index (χ2v) is 6.37. The van der Waals surface area contributed by atoms with Gasteiger partial charge in [-0.05, 0) is 35.9 Å². The standard InChI is InChI=1S/C14H15FN2O3S/c1-21(19,20)17-13-4-2-3-12(8-13)16-9-10-5-11(15)7-14(18)6-10/h2-8,16-18H,9H2,1H3. The van der Waals surface area contributed by atoms with Gasteiger partial charge in [-0.15, -0.1) is 0 Å². The Kier molecular flexibility index (Phi) is 4.32. The van der Waals surface area contributed by atoms with E-state index in [0.29, 0.717) is 23.5 Å². The van der Waals surface area contributed by atoms with E-state index in [2.05, 4.69) is 10.0 Å². The summed E-state index contributed by atoms with van der Waals surface area (Å²) < 4.78 is 37.8. The molecule has 0 atom stereocenters. The molecule has 21 heavy (non-hydrogen) atoms. The number of benzene rings is 2. The normalized spacial score (nSPS) is 11.1. The van der Waals surface area contributed by atoms with Crippen molar-refractivity contribution in [3.05, 3.63) is 53.8 Å². The van der Waals surface area contributed by atoms with Crippen LogP contribution in [0.1, 0.15) is 5.56 Å². The first kappa shape index (κ1) is 15.1. The number of sulfonamides is 1. The number of nitrogens with one attached hydrogen (secondary N) is 2. The second kappa shape index (κ2) is 6.01. The lowest BCUT2D eigenvalue weighted by Crippen LogP contribution is -2.09. The molecule has 0 aromatic heterocycles. The zero-order valence-electron chi connectivity index (χ0n) is 11.3. The number of hydrogen-bond donors (Lipinski definition) is 3. The summed E-state index contributed by atoms with van der Waals surface area (Å²) in [4.78, 5) is 0. The number of anilines is 2. The van der Waals surface area contributed by atoms with Gasteiger partial charge in [-0.25, -0.2) is 12.8 Å². The molecule has 2 aromatic rings. The molecule has 0 aliphatic rings. The molecule has 0 amide bonds. The molecule has 0 heterocycles. The van der Waals surface area contributed by atoms with Crippen LogP contribution in [0.25, 0.3) is 0 Å². The van der Waals surface area contributed by atoms with Crippen molar-refractivity contribution in [2.24, 2.45) is 0 Å². The smallest absolute Gasteiger partial charge is 0.229 e. The van der Waals surface area contributed by atoms with Crippen LogP contribution in [0.3, 0.4) is 0 Å². The van der Waals surface area contributed by atoms with Gasteiger partial charge in [0.2, 0.25) is 10.0 Å². The molecule has 7 heteroatoms. The van der Waals surface area contributed by atoms with Crippen LogP contribution in [-0.2, 0) is 16.6 Å². The van der Waals surface area contributed by atoms with Crippen molar-refractivity contribution in [1.29, 1.82) is 0 Å². The highest BCUT2D eigenvalue weighted by Gasteiger charge is 2.03. The predicted octanol–water partition coefficient (Wildman–Crippen LogP) is 2.51. The van der Waals surface area contributed by atoms with Crippen molar-refractivity contribution >= 4 is 21.4 Å². The van der Waals surface area contributed by atoms with Crippen molar-refractivity contribution in [2.45, 2.75) is 6.54 Å². The maximum absolute atomic E-state index is 13.1. The lowest BCUT2D eigenvalue weighted by molar-refractivity contribution is 0.468. The maximum atomic E-state index is 13.1. The molecule has 0 radical (unpaired) electrons. The van der Waals surface area contributed by atoms with Gasteiger partial charge in [-0.2, -0.15) is 0 Å². The summed E-state index contributed by atoms with van der Waals surface area (Å²) in [6.45, 7) is 0.299. The molecular formula is C14H15FN2O3S. The number of halogens is 1. The minimum absolute atomic E-state index is 0.140. The van der Waals surface area contributed by atoms with E-state index in [4.69, 9.17) is 0 Å². The summed E-state index contributed by atoms with van der Waals surface area (Å²) in [5.41, 5.74) is 1.69. The first-order valence-electron chi connectivity index (χ1n) is 6.12. The van der Waals surface area contributed by atoms with Crippen molar-refractivity contribution < 1.29 is 17.9 Å². The van der Waals surface area contributed by atoms with Crippen molar-refractivity contribution in [3.8, 4) is 5.75 Å². The van der Waals surface area contributed by atoms with Gasteiger partial charge in [0, 0.05) is 18.3 Å². The van der Waals surface area contributed by atoms with Crippen LogP contribution in [0.2, 0.25) is 0 Å². The molecule has 2 aromatic carbocycles.